The maximum atomic E-state index is 12.6. The summed E-state index contributed by atoms with van der Waals surface area (Å²) < 4.78 is 29.6. The number of nitrogens with zero attached hydrogens (tertiary/aromatic N) is 1. The zero-order chi connectivity index (χ0) is 13.0. The van der Waals surface area contributed by atoms with E-state index in [0.29, 0.717) is 16.6 Å². The Balaban J connectivity index is 3.14. The predicted molar refractivity (Wildman–Crippen MR) is 62.0 cm³/mol. The number of pyridine rings is 1. The number of nitrogen functional groups attached to an aromatic ring is 1. The summed E-state index contributed by atoms with van der Waals surface area (Å²) in [6.07, 6.45) is -2.78. The average Bonchev–Trinajstić information content (AvgIpc) is 2.28. The van der Waals surface area contributed by atoms with Crippen molar-refractivity contribution in [3.63, 3.8) is 0 Å². The summed E-state index contributed by atoms with van der Waals surface area (Å²) in [7, 11) is 1.24. The van der Waals surface area contributed by atoms with E-state index in [1.165, 1.54) is 13.2 Å². The quantitative estimate of drug-likeness (QED) is 0.684. The monoisotopic (exact) mass is 308 g/mol. The van der Waals surface area contributed by atoms with Crippen molar-refractivity contribution in [1.82, 2.24) is 4.98 Å². The summed E-state index contributed by atoms with van der Waals surface area (Å²) in [5.74, 6) is -0.757. The van der Waals surface area contributed by atoms with Gasteiger partial charge in [-0.2, -0.15) is 0 Å². The number of hydrogen-bond donors (Lipinski definition) is 1. The number of alkyl halides is 3. The molecule has 0 aliphatic carbocycles. The number of halogens is 3. The van der Waals surface area contributed by atoms with Gasteiger partial charge in [0.05, 0.1) is 24.8 Å². The first kappa shape index (κ1) is 13.8. The number of nitrogens with two attached hydrogens (primary N) is 1. The summed E-state index contributed by atoms with van der Waals surface area (Å²) in [5.41, 5.74) is 5.92. The maximum Gasteiger partial charge on any atom is 0.311 e. The number of esters is 1. The molecule has 1 heterocycles. The van der Waals surface area contributed by atoms with E-state index >= 15 is 0 Å². The summed E-state index contributed by atoms with van der Waals surface area (Å²) in [4.78, 5) is 14.9. The minimum absolute atomic E-state index is 0.0921. The lowest BCUT2D eigenvalue weighted by atomic mass is 10.1. The van der Waals surface area contributed by atoms with Crippen molar-refractivity contribution in [3.8, 4) is 0 Å². The van der Waals surface area contributed by atoms with Gasteiger partial charge in [-0.1, -0.05) is 15.9 Å². The van der Waals surface area contributed by atoms with Gasteiger partial charge in [-0.15, -0.1) is 0 Å². The first-order valence-electron chi connectivity index (χ1n) is 4.68. The van der Waals surface area contributed by atoms with Crippen molar-refractivity contribution in [1.29, 1.82) is 0 Å². The van der Waals surface area contributed by atoms with Gasteiger partial charge in [0.15, 0.2) is 0 Å². The van der Waals surface area contributed by atoms with Crippen LogP contribution in [0.2, 0.25) is 0 Å². The van der Waals surface area contributed by atoms with Crippen LogP contribution >= 0.6 is 15.9 Å². The standard InChI is InChI=1S/C10H11BrF2N2O2/c1-17-8(16)3-7-5(4-11)2-6(9(12)13)10(14)15-7/h2,9H,3-4H2,1H3,(H2,14,15). The SMILES string of the molecule is COC(=O)Cc1nc(N)c(C(F)F)cc1CBr. The Morgan fingerprint density at radius 2 is 2.29 bits per heavy atom. The van der Waals surface area contributed by atoms with Gasteiger partial charge in [-0.05, 0) is 11.6 Å². The lowest BCUT2D eigenvalue weighted by molar-refractivity contribution is -0.139. The average molecular weight is 309 g/mol. The van der Waals surface area contributed by atoms with Crippen molar-refractivity contribution in [3.05, 3.63) is 22.9 Å². The highest BCUT2D eigenvalue weighted by Crippen LogP contribution is 2.27. The fraction of sp³-hybridized carbons (Fsp3) is 0.400. The minimum atomic E-state index is -2.69. The van der Waals surface area contributed by atoms with E-state index in [2.05, 4.69) is 25.7 Å². The fourth-order valence-electron chi connectivity index (χ4n) is 1.28. The summed E-state index contributed by atoms with van der Waals surface area (Å²) in [5, 5.41) is 0.312. The molecule has 17 heavy (non-hydrogen) atoms. The Hall–Kier alpha value is -1.24. The van der Waals surface area contributed by atoms with Crippen LogP contribution in [0.25, 0.3) is 0 Å². The lowest BCUT2D eigenvalue weighted by Gasteiger charge is -2.10. The number of carbonyl (C=O) groups excluding carboxylic acids is 1. The third kappa shape index (κ3) is 3.36. The van der Waals surface area contributed by atoms with Crippen LogP contribution in [0.3, 0.4) is 0 Å². The van der Waals surface area contributed by atoms with Crippen molar-refractivity contribution < 1.29 is 18.3 Å². The van der Waals surface area contributed by atoms with Crippen LogP contribution < -0.4 is 5.73 Å². The minimum Gasteiger partial charge on any atom is -0.469 e. The van der Waals surface area contributed by atoms with Crippen molar-refractivity contribution in [2.24, 2.45) is 0 Å². The number of aromatic nitrogens is 1. The molecular formula is C10H11BrF2N2O2. The van der Waals surface area contributed by atoms with E-state index in [0.717, 1.165) is 0 Å². The van der Waals surface area contributed by atoms with Gasteiger partial charge in [0.25, 0.3) is 6.43 Å². The second-order valence-corrected chi connectivity index (χ2v) is 3.82. The molecular weight excluding hydrogens is 298 g/mol. The van der Waals surface area contributed by atoms with Crippen LogP contribution in [0.15, 0.2) is 6.07 Å². The molecule has 0 amide bonds. The predicted octanol–water partition coefficient (Wildman–Crippen LogP) is 2.21. The topological polar surface area (TPSA) is 65.2 Å². The first-order chi connectivity index (χ1) is 7.99. The molecule has 0 saturated carbocycles. The molecule has 2 N–H and O–H groups in total. The number of rotatable bonds is 4. The van der Waals surface area contributed by atoms with Gasteiger partial charge in [0, 0.05) is 5.33 Å². The van der Waals surface area contributed by atoms with Crippen LogP contribution in [-0.4, -0.2) is 18.1 Å². The van der Waals surface area contributed by atoms with Gasteiger partial charge in [-0.25, -0.2) is 13.8 Å². The molecule has 94 valence electrons. The first-order valence-corrected chi connectivity index (χ1v) is 5.80. The van der Waals surface area contributed by atoms with Gasteiger partial charge in [0.2, 0.25) is 0 Å². The van der Waals surface area contributed by atoms with Gasteiger partial charge < -0.3 is 10.5 Å². The number of anilines is 1. The number of ether oxygens (including phenoxy) is 1. The van der Waals surface area contributed by atoms with Crippen LogP contribution in [0.4, 0.5) is 14.6 Å². The molecule has 0 saturated heterocycles. The van der Waals surface area contributed by atoms with Crippen molar-refractivity contribution >= 4 is 27.7 Å². The molecule has 0 aliphatic rings. The molecule has 1 aromatic heterocycles. The van der Waals surface area contributed by atoms with E-state index < -0.39 is 12.4 Å². The number of carbonyl (C=O) groups is 1. The highest BCUT2D eigenvalue weighted by molar-refractivity contribution is 9.08. The molecule has 0 aromatic carbocycles. The Bertz CT molecular complexity index is 427. The van der Waals surface area contributed by atoms with Gasteiger partial charge in [0.1, 0.15) is 5.82 Å². The largest absolute Gasteiger partial charge is 0.469 e. The highest BCUT2D eigenvalue weighted by Gasteiger charge is 2.17. The maximum absolute atomic E-state index is 12.6. The molecule has 7 heteroatoms. The third-order valence-corrected chi connectivity index (χ3v) is 2.77. The Morgan fingerprint density at radius 1 is 1.65 bits per heavy atom. The molecule has 1 aromatic rings. The smallest absolute Gasteiger partial charge is 0.311 e. The Kier molecular flexibility index (Phi) is 4.80. The van der Waals surface area contributed by atoms with Gasteiger partial charge in [-0.3, -0.25) is 4.79 Å². The van der Waals surface area contributed by atoms with E-state index in [1.54, 1.807) is 0 Å². The van der Waals surface area contributed by atoms with Gasteiger partial charge >= 0.3 is 5.97 Å². The summed E-state index contributed by atoms with van der Waals surface area (Å²) in [6.45, 7) is 0. The van der Waals surface area contributed by atoms with Crippen molar-refractivity contribution in [2.45, 2.75) is 18.2 Å². The van der Waals surface area contributed by atoms with Crippen LogP contribution in [-0.2, 0) is 21.3 Å². The molecule has 0 atom stereocenters. The summed E-state index contributed by atoms with van der Waals surface area (Å²) in [6, 6.07) is 1.25. The Morgan fingerprint density at radius 3 is 2.76 bits per heavy atom. The molecule has 1 rings (SSSR count). The van der Waals surface area contributed by atoms with Crippen LogP contribution in [0.1, 0.15) is 23.2 Å². The zero-order valence-corrected chi connectivity index (χ0v) is 10.6. The van der Waals surface area contributed by atoms with E-state index in [1.807, 2.05) is 0 Å². The summed E-state index contributed by atoms with van der Waals surface area (Å²) >= 11 is 3.15. The highest BCUT2D eigenvalue weighted by atomic mass is 79.9. The molecule has 0 radical (unpaired) electrons. The van der Waals surface area contributed by atoms with E-state index in [4.69, 9.17) is 5.73 Å². The Labute approximate surface area is 105 Å². The van der Waals surface area contributed by atoms with Crippen molar-refractivity contribution in [2.75, 3.05) is 12.8 Å². The van der Waals surface area contributed by atoms with E-state index in [-0.39, 0.29) is 17.8 Å². The second kappa shape index (κ2) is 5.90. The van der Waals surface area contributed by atoms with Crippen LogP contribution in [0, 0.1) is 0 Å². The lowest BCUT2D eigenvalue weighted by Crippen LogP contribution is -2.11. The molecule has 0 bridgehead atoms. The number of methoxy groups -OCH3 is 1. The fourth-order valence-corrected chi connectivity index (χ4v) is 1.76. The molecule has 0 aliphatic heterocycles. The molecule has 0 fully saturated rings. The third-order valence-electron chi connectivity index (χ3n) is 2.17. The molecule has 0 unspecified atom stereocenters. The zero-order valence-electron chi connectivity index (χ0n) is 9.04. The molecule has 4 nitrogen and oxygen atoms in total. The second-order valence-electron chi connectivity index (χ2n) is 3.26. The molecule has 0 spiro atoms. The number of hydrogen-bond acceptors (Lipinski definition) is 4. The van der Waals surface area contributed by atoms with E-state index in [9.17, 15) is 13.6 Å². The van der Waals surface area contributed by atoms with Crippen LogP contribution in [0.5, 0.6) is 0 Å². The normalized spacial score (nSPS) is 10.6.